The molecule has 0 radical (unpaired) electrons. The molecule has 0 aromatic heterocycles. The first-order chi connectivity index (χ1) is 8.97. The molecule has 3 nitrogen and oxygen atoms in total. The zero-order valence-electron chi connectivity index (χ0n) is 11.0. The fraction of sp³-hybridized carbons (Fsp3) is 0.429. The Morgan fingerprint density at radius 1 is 1.53 bits per heavy atom. The third-order valence-corrected chi connectivity index (χ3v) is 2.86. The van der Waals surface area contributed by atoms with Crippen LogP contribution in [0.3, 0.4) is 0 Å². The third-order valence-electron chi connectivity index (χ3n) is 2.54. The van der Waals surface area contributed by atoms with Crippen LogP contribution in [0.4, 0.5) is 4.39 Å². The predicted molar refractivity (Wildman–Crippen MR) is 72.4 cm³/mol. The second kappa shape index (κ2) is 7.10. The maximum atomic E-state index is 13.7. The first-order valence-corrected chi connectivity index (χ1v) is 6.45. The minimum atomic E-state index is -0.636. The van der Waals surface area contributed by atoms with Crippen molar-refractivity contribution in [2.24, 2.45) is 5.92 Å². The van der Waals surface area contributed by atoms with Crippen LogP contribution in [-0.2, 0) is 0 Å². The quantitative estimate of drug-likeness (QED) is 0.830. The summed E-state index contributed by atoms with van der Waals surface area (Å²) in [6.45, 7) is 4.65. The summed E-state index contributed by atoms with van der Waals surface area (Å²) >= 11 is 5.89. The average molecular weight is 283 g/mol. The van der Waals surface area contributed by atoms with Crippen LogP contribution in [0.1, 0.15) is 30.6 Å². The standard InChI is InChI=1S/C14H16ClFN2O/c1-10(2)9-18(8-4-7-17)14(19)13-11(15)5-3-6-12(13)16/h3,5-6,10H,4,8-9H2,1-2H3. The Kier molecular flexibility index (Phi) is 5.78. The SMILES string of the molecule is CC(C)CN(CCC#N)C(=O)c1c(F)cccc1Cl. The molecule has 0 heterocycles. The van der Waals surface area contributed by atoms with E-state index in [1.807, 2.05) is 19.9 Å². The maximum absolute atomic E-state index is 13.7. The van der Waals surface area contributed by atoms with Gasteiger partial charge < -0.3 is 4.90 Å². The normalized spacial score (nSPS) is 10.3. The second-order valence-corrected chi connectivity index (χ2v) is 5.06. The van der Waals surface area contributed by atoms with Gasteiger partial charge in [0.1, 0.15) is 5.82 Å². The molecule has 0 spiro atoms. The summed E-state index contributed by atoms with van der Waals surface area (Å²) in [5.74, 6) is -0.872. The van der Waals surface area contributed by atoms with Gasteiger partial charge in [0.25, 0.3) is 5.91 Å². The van der Waals surface area contributed by atoms with Crippen LogP contribution >= 0.6 is 11.6 Å². The highest BCUT2D eigenvalue weighted by molar-refractivity contribution is 6.33. The highest BCUT2D eigenvalue weighted by Gasteiger charge is 2.22. The first-order valence-electron chi connectivity index (χ1n) is 6.07. The highest BCUT2D eigenvalue weighted by atomic mass is 35.5. The summed E-state index contributed by atoms with van der Waals surface area (Å²) in [4.78, 5) is 13.8. The van der Waals surface area contributed by atoms with E-state index in [0.29, 0.717) is 6.54 Å². The van der Waals surface area contributed by atoms with Crippen LogP contribution in [0, 0.1) is 23.1 Å². The van der Waals surface area contributed by atoms with Crippen LogP contribution in [0.2, 0.25) is 5.02 Å². The van der Waals surface area contributed by atoms with Gasteiger partial charge >= 0.3 is 0 Å². The summed E-state index contributed by atoms with van der Waals surface area (Å²) in [7, 11) is 0. The monoisotopic (exact) mass is 282 g/mol. The summed E-state index contributed by atoms with van der Waals surface area (Å²) in [5, 5.41) is 8.72. The lowest BCUT2D eigenvalue weighted by molar-refractivity contribution is 0.0735. The molecule has 0 aliphatic heterocycles. The van der Waals surface area contributed by atoms with Crippen LogP contribution < -0.4 is 0 Å². The van der Waals surface area contributed by atoms with E-state index < -0.39 is 11.7 Å². The largest absolute Gasteiger partial charge is 0.337 e. The van der Waals surface area contributed by atoms with Crippen LogP contribution in [0.5, 0.6) is 0 Å². The Morgan fingerprint density at radius 3 is 2.74 bits per heavy atom. The topological polar surface area (TPSA) is 44.1 Å². The van der Waals surface area contributed by atoms with Gasteiger partial charge in [0, 0.05) is 13.1 Å². The summed E-state index contributed by atoms with van der Waals surface area (Å²) < 4.78 is 13.7. The molecule has 1 amide bonds. The van der Waals surface area contributed by atoms with E-state index in [1.54, 1.807) is 0 Å². The first kappa shape index (κ1) is 15.5. The zero-order valence-corrected chi connectivity index (χ0v) is 11.7. The molecular weight excluding hydrogens is 267 g/mol. The van der Waals surface area contributed by atoms with E-state index in [4.69, 9.17) is 16.9 Å². The smallest absolute Gasteiger partial charge is 0.258 e. The molecule has 1 rings (SSSR count). The highest BCUT2D eigenvalue weighted by Crippen LogP contribution is 2.21. The minimum absolute atomic E-state index is 0.0933. The fourth-order valence-corrected chi connectivity index (χ4v) is 2.01. The van der Waals surface area contributed by atoms with Gasteiger partial charge in [-0.15, -0.1) is 0 Å². The number of amides is 1. The van der Waals surface area contributed by atoms with Crippen molar-refractivity contribution < 1.29 is 9.18 Å². The van der Waals surface area contributed by atoms with E-state index in [0.717, 1.165) is 0 Å². The number of halogens is 2. The molecule has 19 heavy (non-hydrogen) atoms. The van der Waals surface area contributed by atoms with Crippen molar-refractivity contribution in [3.8, 4) is 6.07 Å². The molecule has 0 bridgehead atoms. The molecule has 0 aliphatic carbocycles. The summed E-state index contributed by atoms with van der Waals surface area (Å²) in [5.41, 5.74) is -0.122. The molecule has 0 saturated carbocycles. The Hall–Kier alpha value is -1.60. The average Bonchev–Trinajstić information content (AvgIpc) is 2.33. The van der Waals surface area contributed by atoms with E-state index in [-0.39, 0.29) is 29.5 Å². The predicted octanol–water partition coefficient (Wildman–Crippen LogP) is 3.49. The van der Waals surface area contributed by atoms with E-state index in [9.17, 15) is 9.18 Å². The number of hydrogen-bond acceptors (Lipinski definition) is 2. The number of hydrogen-bond donors (Lipinski definition) is 0. The molecule has 102 valence electrons. The van der Waals surface area contributed by atoms with Gasteiger partial charge in [-0.2, -0.15) is 5.26 Å². The lowest BCUT2D eigenvalue weighted by Gasteiger charge is -2.24. The van der Waals surface area contributed by atoms with E-state index in [1.165, 1.54) is 23.1 Å². The Balaban J connectivity index is 3.01. The second-order valence-electron chi connectivity index (χ2n) is 4.65. The number of nitriles is 1. The molecular formula is C14H16ClFN2O. The van der Waals surface area contributed by atoms with Crippen molar-refractivity contribution in [1.82, 2.24) is 4.90 Å². The molecule has 1 aromatic rings. The van der Waals surface area contributed by atoms with Crippen molar-refractivity contribution in [3.63, 3.8) is 0 Å². The molecule has 0 unspecified atom stereocenters. The maximum Gasteiger partial charge on any atom is 0.258 e. The van der Waals surface area contributed by atoms with Gasteiger partial charge in [-0.1, -0.05) is 31.5 Å². The summed E-state index contributed by atoms with van der Waals surface area (Å²) in [6, 6.07) is 6.13. The third kappa shape index (κ3) is 4.22. The van der Waals surface area contributed by atoms with Crippen LogP contribution in [-0.4, -0.2) is 23.9 Å². The van der Waals surface area contributed by atoms with Crippen molar-refractivity contribution in [2.45, 2.75) is 20.3 Å². The number of carbonyl (C=O) groups excluding carboxylic acids is 1. The van der Waals surface area contributed by atoms with Gasteiger partial charge in [0.15, 0.2) is 0 Å². The Bertz CT molecular complexity index is 476. The van der Waals surface area contributed by atoms with Gasteiger partial charge in [-0.25, -0.2) is 4.39 Å². The van der Waals surface area contributed by atoms with Crippen molar-refractivity contribution in [1.29, 1.82) is 5.26 Å². The van der Waals surface area contributed by atoms with Crippen molar-refractivity contribution in [2.75, 3.05) is 13.1 Å². The van der Waals surface area contributed by atoms with Crippen molar-refractivity contribution >= 4 is 17.5 Å². The van der Waals surface area contributed by atoms with Crippen LogP contribution in [0.25, 0.3) is 0 Å². The van der Waals surface area contributed by atoms with Gasteiger partial charge in [-0.05, 0) is 18.1 Å². The van der Waals surface area contributed by atoms with Gasteiger partial charge in [0.2, 0.25) is 0 Å². The van der Waals surface area contributed by atoms with Gasteiger partial charge in [0.05, 0.1) is 23.1 Å². The van der Waals surface area contributed by atoms with Crippen LogP contribution in [0.15, 0.2) is 18.2 Å². The minimum Gasteiger partial charge on any atom is -0.337 e. The number of carbonyl (C=O) groups is 1. The fourth-order valence-electron chi connectivity index (χ4n) is 1.76. The lowest BCUT2D eigenvalue weighted by Crippen LogP contribution is -2.35. The number of rotatable bonds is 5. The lowest BCUT2D eigenvalue weighted by atomic mass is 10.1. The Morgan fingerprint density at radius 2 is 2.21 bits per heavy atom. The molecule has 0 saturated heterocycles. The van der Waals surface area contributed by atoms with Gasteiger partial charge in [-0.3, -0.25) is 4.79 Å². The molecule has 0 aliphatic rings. The van der Waals surface area contributed by atoms with Crippen molar-refractivity contribution in [3.05, 3.63) is 34.6 Å². The number of nitrogens with zero attached hydrogens (tertiary/aromatic N) is 2. The zero-order chi connectivity index (χ0) is 14.4. The molecule has 0 N–H and O–H groups in total. The molecule has 0 fully saturated rings. The van der Waals surface area contributed by atoms with E-state index >= 15 is 0 Å². The summed E-state index contributed by atoms with van der Waals surface area (Å²) in [6.07, 6.45) is 0.213. The van der Waals surface area contributed by atoms with E-state index in [2.05, 4.69) is 0 Å². The molecule has 1 aromatic carbocycles. The number of benzene rings is 1. The Labute approximate surface area is 117 Å². The molecule has 0 atom stereocenters. The molecule has 5 heteroatoms.